The normalized spacial score (nSPS) is 27.1. The second kappa shape index (κ2) is 7.69. The number of rotatable bonds is 4. The maximum Gasteiger partial charge on any atom is 0.0537 e. The second-order valence-corrected chi connectivity index (χ2v) is 8.16. The molecular weight excluding hydrogens is 346 g/mol. The monoisotopic (exact) mass is 373 g/mol. The summed E-state index contributed by atoms with van der Waals surface area (Å²) in [6, 6.07) is 8.83. The Kier molecular flexibility index (Phi) is 5.32. The van der Waals surface area contributed by atoms with Crippen molar-refractivity contribution in [2.45, 2.75) is 38.3 Å². The average Bonchev–Trinajstić information content (AvgIpc) is 3.25. The van der Waals surface area contributed by atoms with E-state index in [2.05, 4.69) is 39.9 Å². The smallest absolute Gasteiger partial charge is 0.0537 e. The molecule has 140 valence electrons. The second-order valence-electron chi connectivity index (χ2n) is 7.73. The van der Waals surface area contributed by atoms with Crippen molar-refractivity contribution < 1.29 is 0 Å². The molecule has 1 aromatic heterocycles. The number of hydrogen-bond donors (Lipinski definition) is 2. The van der Waals surface area contributed by atoms with Crippen LogP contribution in [0.1, 0.15) is 35.6 Å². The number of hydrazine groups is 1. The average molecular weight is 374 g/mol. The van der Waals surface area contributed by atoms with Gasteiger partial charge in [-0.25, -0.2) is 0 Å². The first-order chi connectivity index (χ1) is 12.6. The minimum atomic E-state index is 0.467. The SMILES string of the molecule is Cc1c(CN2CCCC(C3NNCC3c3ccc(Cl)cc3)C2)cnn1C. The molecule has 1 aromatic carbocycles. The van der Waals surface area contributed by atoms with E-state index in [1.165, 1.54) is 36.2 Å². The number of nitrogens with one attached hydrogen (secondary N) is 2. The van der Waals surface area contributed by atoms with E-state index in [1.807, 2.05) is 30.1 Å². The van der Waals surface area contributed by atoms with Crippen molar-refractivity contribution in [3.63, 3.8) is 0 Å². The minimum absolute atomic E-state index is 0.467. The van der Waals surface area contributed by atoms with Crippen LogP contribution in [0.3, 0.4) is 0 Å². The third-order valence-corrected chi connectivity index (χ3v) is 6.36. The summed E-state index contributed by atoms with van der Waals surface area (Å²) in [7, 11) is 2.02. The van der Waals surface area contributed by atoms with Crippen LogP contribution >= 0.6 is 11.6 Å². The van der Waals surface area contributed by atoms with Crippen molar-refractivity contribution in [2.75, 3.05) is 19.6 Å². The van der Waals surface area contributed by atoms with Crippen LogP contribution in [0.25, 0.3) is 0 Å². The number of benzene rings is 1. The number of nitrogens with zero attached hydrogens (tertiary/aromatic N) is 3. The molecule has 3 atom stereocenters. The van der Waals surface area contributed by atoms with Crippen LogP contribution in [0.4, 0.5) is 0 Å². The molecule has 5 nitrogen and oxygen atoms in total. The van der Waals surface area contributed by atoms with Gasteiger partial charge in [0.1, 0.15) is 0 Å². The summed E-state index contributed by atoms with van der Waals surface area (Å²) in [5.74, 6) is 1.15. The van der Waals surface area contributed by atoms with Gasteiger partial charge in [0.2, 0.25) is 0 Å². The lowest BCUT2D eigenvalue weighted by molar-refractivity contribution is 0.139. The minimum Gasteiger partial charge on any atom is -0.299 e. The lowest BCUT2D eigenvalue weighted by Gasteiger charge is -2.37. The molecule has 2 aromatic rings. The Bertz CT molecular complexity index is 741. The Balaban J connectivity index is 1.44. The molecule has 3 heterocycles. The van der Waals surface area contributed by atoms with E-state index in [0.717, 1.165) is 24.7 Å². The largest absolute Gasteiger partial charge is 0.299 e. The van der Waals surface area contributed by atoms with Gasteiger partial charge in [-0.3, -0.25) is 20.4 Å². The molecule has 2 saturated heterocycles. The van der Waals surface area contributed by atoms with Gasteiger partial charge in [-0.15, -0.1) is 0 Å². The summed E-state index contributed by atoms with van der Waals surface area (Å²) < 4.78 is 1.97. The topological polar surface area (TPSA) is 45.1 Å². The zero-order valence-corrected chi connectivity index (χ0v) is 16.3. The molecule has 0 radical (unpaired) electrons. The van der Waals surface area contributed by atoms with Crippen LogP contribution < -0.4 is 10.9 Å². The van der Waals surface area contributed by atoms with Crippen LogP contribution in [0.15, 0.2) is 30.5 Å². The van der Waals surface area contributed by atoms with E-state index >= 15 is 0 Å². The number of piperidine rings is 1. The fourth-order valence-electron chi connectivity index (χ4n) is 4.46. The van der Waals surface area contributed by atoms with Gasteiger partial charge >= 0.3 is 0 Å². The van der Waals surface area contributed by atoms with E-state index in [9.17, 15) is 0 Å². The summed E-state index contributed by atoms with van der Waals surface area (Å²) in [5.41, 5.74) is 10.9. The van der Waals surface area contributed by atoms with Gasteiger partial charge in [-0.1, -0.05) is 23.7 Å². The lowest BCUT2D eigenvalue weighted by atomic mass is 9.81. The maximum absolute atomic E-state index is 6.07. The fraction of sp³-hybridized carbons (Fsp3) is 0.550. The van der Waals surface area contributed by atoms with Crippen molar-refractivity contribution in [3.8, 4) is 0 Å². The molecule has 2 aliphatic rings. The highest BCUT2D eigenvalue weighted by Gasteiger charge is 2.36. The highest BCUT2D eigenvalue weighted by Crippen LogP contribution is 2.32. The first-order valence-corrected chi connectivity index (χ1v) is 9.93. The van der Waals surface area contributed by atoms with Gasteiger partial charge in [0, 0.05) is 54.9 Å². The zero-order chi connectivity index (χ0) is 18.1. The maximum atomic E-state index is 6.07. The Morgan fingerprint density at radius 3 is 2.81 bits per heavy atom. The fourth-order valence-corrected chi connectivity index (χ4v) is 4.59. The molecule has 2 aliphatic heterocycles. The first kappa shape index (κ1) is 18.0. The van der Waals surface area contributed by atoms with Gasteiger partial charge in [0.15, 0.2) is 0 Å². The molecule has 0 saturated carbocycles. The summed E-state index contributed by atoms with van der Waals surface area (Å²) in [6.07, 6.45) is 4.56. The third-order valence-electron chi connectivity index (χ3n) is 6.10. The highest BCUT2D eigenvalue weighted by atomic mass is 35.5. The Labute approximate surface area is 160 Å². The van der Waals surface area contributed by atoms with Crippen molar-refractivity contribution in [1.29, 1.82) is 0 Å². The predicted molar refractivity (Wildman–Crippen MR) is 105 cm³/mol. The molecule has 0 aliphatic carbocycles. The van der Waals surface area contributed by atoms with Gasteiger partial charge in [0.25, 0.3) is 0 Å². The molecule has 26 heavy (non-hydrogen) atoms. The van der Waals surface area contributed by atoms with Gasteiger partial charge in [-0.2, -0.15) is 5.10 Å². The Morgan fingerprint density at radius 1 is 1.27 bits per heavy atom. The van der Waals surface area contributed by atoms with Gasteiger partial charge in [0.05, 0.1) is 6.20 Å². The molecule has 2 fully saturated rings. The summed E-state index contributed by atoms with van der Waals surface area (Å²) in [4.78, 5) is 2.59. The van der Waals surface area contributed by atoms with Crippen LogP contribution in [0, 0.1) is 12.8 Å². The van der Waals surface area contributed by atoms with E-state index in [0.29, 0.717) is 17.9 Å². The van der Waals surface area contributed by atoms with Crippen molar-refractivity contribution in [1.82, 2.24) is 25.5 Å². The van der Waals surface area contributed by atoms with Crippen molar-refractivity contribution >= 4 is 11.6 Å². The number of halogens is 1. The van der Waals surface area contributed by atoms with Crippen LogP contribution in [0.2, 0.25) is 5.02 Å². The van der Waals surface area contributed by atoms with Gasteiger partial charge in [-0.05, 0) is 49.9 Å². The summed E-state index contributed by atoms with van der Waals surface area (Å²) in [6.45, 7) is 6.45. The van der Waals surface area contributed by atoms with Crippen LogP contribution in [-0.2, 0) is 13.6 Å². The van der Waals surface area contributed by atoms with Crippen LogP contribution in [-0.4, -0.2) is 40.4 Å². The summed E-state index contributed by atoms with van der Waals surface area (Å²) in [5, 5.41) is 5.20. The standard InChI is InChI=1S/C20H28ClN5/c1-14-17(10-23-25(14)2)13-26-9-3-4-16(12-26)20-19(11-22-24-20)15-5-7-18(21)8-6-15/h5-8,10,16,19-20,22,24H,3-4,9,11-13H2,1-2H3. The Morgan fingerprint density at radius 2 is 2.08 bits per heavy atom. The number of hydrogen-bond acceptors (Lipinski definition) is 4. The quantitative estimate of drug-likeness (QED) is 0.865. The van der Waals surface area contributed by atoms with Crippen LogP contribution in [0.5, 0.6) is 0 Å². The number of aryl methyl sites for hydroxylation is 1. The number of aromatic nitrogens is 2. The molecule has 2 N–H and O–H groups in total. The molecule has 0 bridgehead atoms. The predicted octanol–water partition coefficient (Wildman–Crippen LogP) is 2.85. The molecule has 4 rings (SSSR count). The molecule has 0 spiro atoms. The molecular formula is C20H28ClN5. The number of likely N-dealkylation sites (tertiary alicyclic amines) is 1. The first-order valence-electron chi connectivity index (χ1n) is 9.55. The Hall–Kier alpha value is -1.40. The van der Waals surface area contributed by atoms with Gasteiger partial charge < -0.3 is 0 Å². The van der Waals surface area contributed by atoms with E-state index in [1.54, 1.807) is 0 Å². The summed E-state index contributed by atoms with van der Waals surface area (Å²) >= 11 is 6.07. The molecule has 0 amide bonds. The molecule has 3 unspecified atom stereocenters. The van der Waals surface area contributed by atoms with Crippen molar-refractivity contribution in [2.24, 2.45) is 13.0 Å². The van der Waals surface area contributed by atoms with E-state index in [4.69, 9.17) is 11.6 Å². The lowest BCUT2D eigenvalue weighted by Crippen LogP contribution is -2.46. The van der Waals surface area contributed by atoms with E-state index in [-0.39, 0.29) is 0 Å². The van der Waals surface area contributed by atoms with Crippen molar-refractivity contribution in [3.05, 3.63) is 52.3 Å². The third kappa shape index (κ3) is 3.67. The van der Waals surface area contributed by atoms with E-state index < -0.39 is 0 Å². The zero-order valence-electron chi connectivity index (χ0n) is 15.6. The highest BCUT2D eigenvalue weighted by molar-refractivity contribution is 6.30. The molecule has 6 heteroatoms.